The average Bonchev–Trinajstić information content (AvgIpc) is 2.39. The summed E-state index contributed by atoms with van der Waals surface area (Å²) in [5, 5.41) is 11.3. The number of aliphatic carboxylic acids is 1. The molecule has 0 heterocycles. The molecule has 0 radical (unpaired) electrons. The van der Waals surface area contributed by atoms with Gasteiger partial charge in [-0.25, -0.2) is 4.79 Å². The molecule has 5 nitrogen and oxygen atoms in total. The number of ether oxygens (including phenoxy) is 1. The molecule has 20 heavy (non-hydrogen) atoms. The Labute approximate surface area is 118 Å². The summed E-state index contributed by atoms with van der Waals surface area (Å²) in [6.07, 6.45) is 0.496. The number of hydrogen-bond donors (Lipinski definition) is 2. The minimum atomic E-state index is -1.02. The zero-order valence-corrected chi connectivity index (χ0v) is 12.1. The number of benzene rings is 1. The summed E-state index contributed by atoms with van der Waals surface area (Å²) in [4.78, 5) is 22.4. The molecule has 1 aromatic carbocycles. The van der Waals surface area contributed by atoms with Crippen LogP contribution in [0.25, 0.3) is 0 Å². The summed E-state index contributed by atoms with van der Waals surface area (Å²) in [5.41, 5.74) is 2.10. The van der Waals surface area contributed by atoms with Crippen molar-refractivity contribution >= 4 is 11.9 Å². The van der Waals surface area contributed by atoms with Crippen LogP contribution >= 0.6 is 0 Å². The summed E-state index contributed by atoms with van der Waals surface area (Å²) >= 11 is 0. The molecule has 110 valence electrons. The van der Waals surface area contributed by atoms with Gasteiger partial charge in [0.2, 0.25) is 5.91 Å². The molecule has 0 spiro atoms. The number of amides is 1. The SMILES string of the molecule is CCC(NC(=O)CCOc1cc(C)ccc1C)C(=O)O. The maximum atomic E-state index is 11.6. The summed E-state index contributed by atoms with van der Waals surface area (Å²) in [6, 6.07) is 5.04. The minimum Gasteiger partial charge on any atom is -0.493 e. The van der Waals surface area contributed by atoms with Crippen LogP contribution in [0.15, 0.2) is 18.2 Å². The summed E-state index contributed by atoms with van der Waals surface area (Å²) in [7, 11) is 0. The van der Waals surface area contributed by atoms with Crippen LogP contribution < -0.4 is 10.1 Å². The molecule has 0 aliphatic heterocycles. The van der Waals surface area contributed by atoms with Crippen molar-refractivity contribution in [2.45, 2.75) is 39.7 Å². The number of hydrogen-bond acceptors (Lipinski definition) is 3. The molecule has 2 N–H and O–H groups in total. The number of carbonyl (C=O) groups is 2. The summed E-state index contributed by atoms with van der Waals surface area (Å²) < 4.78 is 5.56. The third-order valence-corrected chi connectivity index (χ3v) is 2.97. The van der Waals surface area contributed by atoms with E-state index in [1.54, 1.807) is 6.92 Å². The Morgan fingerprint density at radius 2 is 2.05 bits per heavy atom. The van der Waals surface area contributed by atoms with Crippen LogP contribution in [0.2, 0.25) is 0 Å². The second kappa shape index (κ2) is 7.53. The van der Waals surface area contributed by atoms with Crippen LogP contribution in [0, 0.1) is 13.8 Å². The zero-order valence-electron chi connectivity index (χ0n) is 12.1. The Hall–Kier alpha value is -2.04. The third kappa shape index (κ3) is 4.91. The lowest BCUT2D eigenvalue weighted by atomic mass is 10.1. The lowest BCUT2D eigenvalue weighted by molar-refractivity contribution is -0.142. The number of carboxylic acid groups (broad SMARTS) is 1. The smallest absolute Gasteiger partial charge is 0.326 e. The molecular formula is C15H21NO4. The van der Waals surface area contributed by atoms with Crippen LogP contribution in [0.4, 0.5) is 0 Å². The molecular weight excluding hydrogens is 258 g/mol. The Morgan fingerprint density at radius 1 is 1.35 bits per heavy atom. The number of nitrogens with one attached hydrogen (secondary N) is 1. The Bertz CT molecular complexity index is 485. The van der Waals surface area contributed by atoms with Gasteiger partial charge in [-0.15, -0.1) is 0 Å². The Balaban J connectivity index is 2.42. The maximum Gasteiger partial charge on any atom is 0.326 e. The largest absolute Gasteiger partial charge is 0.493 e. The average molecular weight is 279 g/mol. The third-order valence-electron chi connectivity index (χ3n) is 2.97. The van der Waals surface area contributed by atoms with Crippen LogP contribution in [0.5, 0.6) is 5.75 Å². The van der Waals surface area contributed by atoms with Gasteiger partial charge in [0.05, 0.1) is 13.0 Å². The van der Waals surface area contributed by atoms with E-state index in [4.69, 9.17) is 9.84 Å². The quantitative estimate of drug-likeness (QED) is 0.801. The zero-order chi connectivity index (χ0) is 15.1. The van der Waals surface area contributed by atoms with Crippen LogP contribution in [-0.2, 0) is 9.59 Å². The second-order valence-corrected chi connectivity index (χ2v) is 4.73. The van der Waals surface area contributed by atoms with Crippen molar-refractivity contribution in [3.63, 3.8) is 0 Å². The molecule has 0 aliphatic rings. The highest BCUT2D eigenvalue weighted by Gasteiger charge is 2.17. The molecule has 1 amide bonds. The standard InChI is InChI=1S/C15H21NO4/c1-4-12(15(18)19)16-14(17)7-8-20-13-9-10(2)5-6-11(13)3/h5-6,9,12H,4,7-8H2,1-3H3,(H,16,17)(H,18,19). The monoisotopic (exact) mass is 279 g/mol. The van der Waals surface area contributed by atoms with Gasteiger partial charge in [-0.3, -0.25) is 4.79 Å². The van der Waals surface area contributed by atoms with Gasteiger partial charge in [-0.1, -0.05) is 19.1 Å². The second-order valence-electron chi connectivity index (χ2n) is 4.73. The first kappa shape index (κ1) is 16.0. The normalized spacial score (nSPS) is 11.8. The van der Waals surface area contributed by atoms with Crippen LogP contribution in [0.3, 0.4) is 0 Å². The predicted molar refractivity (Wildman–Crippen MR) is 75.9 cm³/mol. The van der Waals surface area contributed by atoms with Gasteiger partial charge in [0, 0.05) is 0 Å². The molecule has 0 saturated heterocycles. The number of carbonyl (C=O) groups excluding carboxylic acids is 1. The molecule has 1 aromatic rings. The molecule has 0 fully saturated rings. The predicted octanol–water partition coefficient (Wildman–Crippen LogP) is 2.05. The van der Waals surface area contributed by atoms with Gasteiger partial charge >= 0.3 is 5.97 Å². The van der Waals surface area contributed by atoms with E-state index in [9.17, 15) is 9.59 Å². The maximum absolute atomic E-state index is 11.6. The molecule has 1 atom stereocenters. The van der Waals surface area contributed by atoms with E-state index in [1.807, 2.05) is 32.0 Å². The van der Waals surface area contributed by atoms with E-state index in [0.717, 1.165) is 16.9 Å². The van der Waals surface area contributed by atoms with E-state index in [0.29, 0.717) is 6.42 Å². The molecule has 5 heteroatoms. The minimum absolute atomic E-state index is 0.136. The molecule has 1 unspecified atom stereocenters. The van der Waals surface area contributed by atoms with Gasteiger partial charge in [-0.2, -0.15) is 0 Å². The topological polar surface area (TPSA) is 75.6 Å². The Kier molecular flexibility index (Phi) is 6.03. The number of aryl methyl sites for hydroxylation is 2. The number of rotatable bonds is 7. The first-order chi connectivity index (χ1) is 9.43. The van der Waals surface area contributed by atoms with Gasteiger partial charge in [0.1, 0.15) is 11.8 Å². The lowest BCUT2D eigenvalue weighted by Gasteiger charge is -2.13. The molecule has 0 aromatic heterocycles. The molecule has 0 saturated carbocycles. The highest BCUT2D eigenvalue weighted by atomic mass is 16.5. The fraction of sp³-hybridized carbons (Fsp3) is 0.467. The van der Waals surface area contributed by atoms with Crippen LogP contribution in [0.1, 0.15) is 30.9 Å². The first-order valence-corrected chi connectivity index (χ1v) is 6.66. The van der Waals surface area contributed by atoms with Crippen molar-refractivity contribution in [3.05, 3.63) is 29.3 Å². The summed E-state index contributed by atoms with van der Waals surface area (Å²) in [5.74, 6) is -0.580. The van der Waals surface area contributed by atoms with Crippen molar-refractivity contribution < 1.29 is 19.4 Å². The van der Waals surface area contributed by atoms with E-state index in [2.05, 4.69) is 5.32 Å². The fourth-order valence-electron chi connectivity index (χ4n) is 1.72. The highest BCUT2D eigenvalue weighted by Crippen LogP contribution is 2.19. The van der Waals surface area contributed by atoms with E-state index >= 15 is 0 Å². The van der Waals surface area contributed by atoms with Gasteiger partial charge in [-0.05, 0) is 37.5 Å². The Morgan fingerprint density at radius 3 is 2.65 bits per heavy atom. The summed E-state index contributed by atoms with van der Waals surface area (Å²) in [6.45, 7) is 5.85. The molecule has 1 rings (SSSR count). The fourth-order valence-corrected chi connectivity index (χ4v) is 1.72. The molecule has 0 aliphatic carbocycles. The van der Waals surface area contributed by atoms with E-state index in [-0.39, 0.29) is 18.9 Å². The highest BCUT2D eigenvalue weighted by molar-refractivity contribution is 5.83. The van der Waals surface area contributed by atoms with E-state index < -0.39 is 12.0 Å². The van der Waals surface area contributed by atoms with E-state index in [1.165, 1.54) is 0 Å². The first-order valence-electron chi connectivity index (χ1n) is 6.66. The van der Waals surface area contributed by atoms with Gasteiger partial charge < -0.3 is 15.2 Å². The van der Waals surface area contributed by atoms with Crippen molar-refractivity contribution in [1.29, 1.82) is 0 Å². The van der Waals surface area contributed by atoms with Gasteiger partial charge in [0.25, 0.3) is 0 Å². The van der Waals surface area contributed by atoms with Crippen molar-refractivity contribution in [3.8, 4) is 5.75 Å². The number of carboxylic acids is 1. The van der Waals surface area contributed by atoms with Gasteiger partial charge in [0.15, 0.2) is 0 Å². The van der Waals surface area contributed by atoms with Crippen molar-refractivity contribution in [1.82, 2.24) is 5.32 Å². The van der Waals surface area contributed by atoms with Crippen LogP contribution in [-0.4, -0.2) is 29.6 Å². The lowest BCUT2D eigenvalue weighted by Crippen LogP contribution is -2.40. The van der Waals surface area contributed by atoms with Crippen molar-refractivity contribution in [2.75, 3.05) is 6.61 Å². The molecule has 0 bridgehead atoms. The van der Waals surface area contributed by atoms with Crippen molar-refractivity contribution in [2.24, 2.45) is 0 Å².